The molecule has 1 aromatic rings. The van der Waals surface area contributed by atoms with Crippen molar-refractivity contribution in [2.75, 3.05) is 26.3 Å². The average molecular weight is 305 g/mol. The number of likely N-dealkylation sites (tertiary alicyclic amines) is 1. The molecule has 4 nitrogen and oxygen atoms in total. The summed E-state index contributed by atoms with van der Waals surface area (Å²) < 4.78 is 5.53. The maximum atomic E-state index is 8.73. The van der Waals surface area contributed by atoms with Crippen LogP contribution in [0.5, 0.6) is 0 Å². The van der Waals surface area contributed by atoms with E-state index in [0.717, 1.165) is 31.6 Å². The molecule has 1 aliphatic rings. The normalized spacial score (nSPS) is 17.8. The van der Waals surface area contributed by atoms with Gasteiger partial charge in [0.15, 0.2) is 0 Å². The number of hydrogen-bond donors (Lipinski definition) is 1. The van der Waals surface area contributed by atoms with E-state index in [1.807, 2.05) is 0 Å². The predicted octanol–water partition coefficient (Wildman–Crippen LogP) is 2.36. The van der Waals surface area contributed by atoms with Crippen molar-refractivity contribution in [3.8, 4) is 0 Å². The van der Waals surface area contributed by atoms with Crippen LogP contribution in [-0.4, -0.2) is 47.4 Å². The quantitative estimate of drug-likeness (QED) is 0.848. The molecule has 0 unspecified atom stereocenters. The van der Waals surface area contributed by atoms with Crippen LogP contribution in [0, 0.1) is 0 Å². The first-order chi connectivity index (χ1) is 9.19. The lowest BCUT2D eigenvalue weighted by Gasteiger charge is -2.31. The van der Waals surface area contributed by atoms with Crippen molar-refractivity contribution in [2.24, 2.45) is 0 Å². The number of nitrogens with zero attached hydrogens (tertiary/aromatic N) is 2. The van der Waals surface area contributed by atoms with Crippen molar-refractivity contribution in [3.05, 3.63) is 28.0 Å². The van der Waals surface area contributed by atoms with E-state index in [-0.39, 0.29) is 12.7 Å². The van der Waals surface area contributed by atoms with Gasteiger partial charge in [0.05, 0.1) is 30.0 Å². The van der Waals surface area contributed by atoms with Gasteiger partial charge >= 0.3 is 0 Å². The Bertz CT molecular complexity index is 410. The van der Waals surface area contributed by atoms with Crippen molar-refractivity contribution in [1.82, 2.24) is 9.88 Å². The van der Waals surface area contributed by atoms with Crippen LogP contribution in [0.1, 0.15) is 18.5 Å². The summed E-state index contributed by atoms with van der Waals surface area (Å²) in [5.74, 6) is 0. The van der Waals surface area contributed by atoms with E-state index < -0.39 is 0 Å². The van der Waals surface area contributed by atoms with Crippen LogP contribution in [0.2, 0.25) is 10.2 Å². The lowest BCUT2D eigenvalue weighted by Crippen LogP contribution is -2.37. The minimum atomic E-state index is 0.0856. The van der Waals surface area contributed by atoms with E-state index in [0.29, 0.717) is 23.3 Å². The molecule has 0 amide bonds. The molecule has 0 spiro atoms. The smallest absolute Gasteiger partial charge is 0.129 e. The standard InChI is InChI=1S/C13H18Cl2N2O2/c14-11-1-2-13(15)16-12(11)9-17-5-3-10(4-6-17)19-8-7-18/h1-2,10,18H,3-9H2. The maximum Gasteiger partial charge on any atom is 0.129 e. The van der Waals surface area contributed by atoms with Crippen molar-refractivity contribution in [3.63, 3.8) is 0 Å². The molecular formula is C13H18Cl2N2O2. The summed E-state index contributed by atoms with van der Waals surface area (Å²) in [6.07, 6.45) is 2.20. The summed E-state index contributed by atoms with van der Waals surface area (Å²) in [4.78, 5) is 6.56. The Morgan fingerprint density at radius 3 is 2.74 bits per heavy atom. The van der Waals surface area contributed by atoms with Crippen LogP contribution in [0.3, 0.4) is 0 Å². The number of ether oxygens (including phenoxy) is 1. The Morgan fingerprint density at radius 1 is 1.32 bits per heavy atom. The Labute approximate surface area is 123 Å². The van der Waals surface area contributed by atoms with Gasteiger partial charge < -0.3 is 9.84 Å². The molecular weight excluding hydrogens is 287 g/mol. The highest BCUT2D eigenvalue weighted by Gasteiger charge is 2.20. The summed E-state index contributed by atoms with van der Waals surface area (Å²) in [6.45, 7) is 3.11. The van der Waals surface area contributed by atoms with Gasteiger partial charge in [0.25, 0.3) is 0 Å². The summed E-state index contributed by atoms with van der Waals surface area (Å²) >= 11 is 12.0. The minimum absolute atomic E-state index is 0.0856. The third-order valence-electron chi connectivity index (χ3n) is 3.24. The number of pyridine rings is 1. The van der Waals surface area contributed by atoms with Crippen LogP contribution in [0.15, 0.2) is 12.1 Å². The fourth-order valence-corrected chi connectivity index (χ4v) is 2.56. The van der Waals surface area contributed by atoms with Crippen molar-refractivity contribution >= 4 is 23.2 Å². The minimum Gasteiger partial charge on any atom is -0.394 e. The molecule has 0 saturated carbocycles. The molecule has 0 aromatic carbocycles. The van der Waals surface area contributed by atoms with Gasteiger partial charge in [-0.25, -0.2) is 4.98 Å². The fraction of sp³-hybridized carbons (Fsp3) is 0.615. The molecule has 0 radical (unpaired) electrons. The molecule has 6 heteroatoms. The zero-order chi connectivity index (χ0) is 13.7. The van der Waals surface area contributed by atoms with E-state index >= 15 is 0 Å². The molecule has 1 fully saturated rings. The molecule has 1 aliphatic heterocycles. The Morgan fingerprint density at radius 2 is 2.05 bits per heavy atom. The third kappa shape index (κ3) is 4.58. The number of aliphatic hydroxyl groups excluding tert-OH is 1. The Hall–Kier alpha value is -0.390. The summed E-state index contributed by atoms with van der Waals surface area (Å²) in [5, 5.41) is 9.86. The second-order valence-electron chi connectivity index (χ2n) is 4.63. The van der Waals surface area contributed by atoms with Gasteiger partial charge in [-0.3, -0.25) is 4.90 Å². The highest BCUT2D eigenvalue weighted by Crippen LogP contribution is 2.21. The van der Waals surface area contributed by atoms with Gasteiger partial charge in [0.1, 0.15) is 5.15 Å². The van der Waals surface area contributed by atoms with Gasteiger partial charge in [-0.15, -0.1) is 0 Å². The van der Waals surface area contributed by atoms with Crippen molar-refractivity contribution < 1.29 is 9.84 Å². The first-order valence-electron chi connectivity index (χ1n) is 6.45. The Kier molecular flexibility index (Phi) is 5.85. The molecule has 106 valence electrons. The number of hydrogen-bond acceptors (Lipinski definition) is 4. The Balaban J connectivity index is 1.83. The molecule has 19 heavy (non-hydrogen) atoms. The topological polar surface area (TPSA) is 45.6 Å². The first kappa shape index (κ1) is 15.0. The van der Waals surface area contributed by atoms with Gasteiger partial charge in [0, 0.05) is 19.6 Å². The number of rotatable bonds is 5. The van der Waals surface area contributed by atoms with Crippen molar-refractivity contribution in [2.45, 2.75) is 25.5 Å². The monoisotopic (exact) mass is 304 g/mol. The second-order valence-corrected chi connectivity index (χ2v) is 5.43. The summed E-state index contributed by atoms with van der Waals surface area (Å²) in [5.41, 5.74) is 0.823. The molecule has 1 aromatic heterocycles. The van der Waals surface area contributed by atoms with E-state index in [4.69, 9.17) is 33.0 Å². The van der Waals surface area contributed by atoms with Gasteiger partial charge in [-0.2, -0.15) is 0 Å². The van der Waals surface area contributed by atoms with Gasteiger partial charge in [-0.05, 0) is 25.0 Å². The molecule has 2 rings (SSSR count). The predicted molar refractivity (Wildman–Crippen MR) is 75.6 cm³/mol. The first-order valence-corrected chi connectivity index (χ1v) is 7.20. The summed E-state index contributed by atoms with van der Waals surface area (Å²) in [6, 6.07) is 3.48. The zero-order valence-corrected chi connectivity index (χ0v) is 12.2. The number of aliphatic hydroxyl groups is 1. The second kappa shape index (κ2) is 7.41. The van der Waals surface area contributed by atoms with E-state index in [9.17, 15) is 0 Å². The molecule has 1 saturated heterocycles. The van der Waals surface area contributed by atoms with E-state index in [1.165, 1.54) is 0 Å². The molecule has 0 bridgehead atoms. The van der Waals surface area contributed by atoms with E-state index in [2.05, 4.69) is 9.88 Å². The zero-order valence-electron chi connectivity index (χ0n) is 10.7. The highest BCUT2D eigenvalue weighted by atomic mass is 35.5. The fourth-order valence-electron chi connectivity index (χ4n) is 2.23. The van der Waals surface area contributed by atoms with Gasteiger partial charge in [-0.1, -0.05) is 23.2 Å². The number of piperidine rings is 1. The van der Waals surface area contributed by atoms with Crippen LogP contribution in [0.4, 0.5) is 0 Å². The molecule has 2 heterocycles. The van der Waals surface area contributed by atoms with E-state index in [1.54, 1.807) is 12.1 Å². The molecule has 0 atom stereocenters. The maximum absolute atomic E-state index is 8.73. The van der Waals surface area contributed by atoms with Crippen LogP contribution in [0.25, 0.3) is 0 Å². The van der Waals surface area contributed by atoms with Crippen LogP contribution >= 0.6 is 23.2 Å². The number of halogens is 2. The largest absolute Gasteiger partial charge is 0.394 e. The summed E-state index contributed by atoms with van der Waals surface area (Å²) in [7, 11) is 0. The van der Waals surface area contributed by atoms with Gasteiger partial charge in [0.2, 0.25) is 0 Å². The molecule has 1 N–H and O–H groups in total. The lowest BCUT2D eigenvalue weighted by molar-refractivity contribution is -0.00918. The van der Waals surface area contributed by atoms with Crippen LogP contribution in [-0.2, 0) is 11.3 Å². The van der Waals surface area contributed by atoms with Crippen LogP contribution < -0.4 is 0 Å². The third-order valence-corrected chi connectivity index (χ3v) is 3.79. The highest BCUT2D eigenvalue weighted by molar-refractivity contribution is 6.32. The molecule has 0 aliphatic carbocycles. The van der Waals surface area contributed by atoms with Crippen molar-refractivity contribution in [1.29, 1.82) is 0 Å². The number of aromatic nitrogens is 1. The lowest BCUT2D eigenvalue weighted by atomic mass is 10.1. The average Bonchev–Trinajstić information content (AvgIpc) is 2.42. The SMILES string of the molecule is OCCOC1CCN(Cc2nc(Cl)ccc2Cl)CC1.